The van der Waals surface area contributed by atoms with Gasteiger partial charge in [-0.15, -0.1) is 0 Å². The second-order valence-corrected chi connectivity index (χ2v) is 8.58. The van der Waals surface area contributed by atoms with Gasteiger partial charge in [-0.3, -0.25) is 0 Å². The minimum Gasteiger partial charge on any atom is -0.0654 e. The monoisotopic (exact) mass is 276 g/mol. The molecule has 4 unspecified atom stereocenters. The van der Waals surface area contributed by atoms with Gasteiger partial charge in [-0.2, -0.15) is 0 Å². The molecule has 3 aliphatic carbocycles. The van der Waals surface area contributed by atoms with Gasteiger partial charge in [-0.1, -0.05) is 46.0 Å². The fourth-order valence-corrected chi connectivity index (χ4v) is 5.88. The normalized spacial score (nSPS) is 45.9. The van der Waals surface area contributed by atoms with Crippen molar-refractivity contribution in [2.75, 3.05) is 0 Å². The van der Waals surface area contributed by atoms with E-state index in [1.807, 2.05) is 0 Å². The van der Waals surface area contributed by atoms with Crippen molar-refractivity contribution >= 4 is 0 Å². The van der Waals surface area contributed by atoms with E-state index in [0.29, 0.717) is 0 Å². The van der Waals surface area contributed by atoms with Crippen molar-refractivity contribution in [3.05, 3.63) is 0 Å². The second kappa shape index (κ2) is 6.84. The van der Waals surface area contributed by atoms with Crippen LogP contribution in [0.3, 0.4) is 0 Å². The third-order valence-corrected chi connectivity index (χ3v) is 7.19. The molecule has 0 bridgehead atoms. The summed E-state index contributed by atoms with van der Waals surface area (Å²) in [6.45, 7) is 4.83. The minimum atomic E-state index is 1.02. The first-order valence-electron chi connectivity index (χ1n) is 9.76. The Hall–Kier alpha value is 0. The van der Waals surface area contributed by atoms with Gasteiger partial charge in [0.1, 0.15) is 0 Å². The van der Waals surface area contributed by atoms with Gasteiger partial charge in [0, 0.05) is 0 Å². The predicted octanol–water partition coefficient (Wildman–Crippen LogP) is 6.45. The van der Waals surface area contributed by atoms with E-state index >= 15 is 0 Å². The molecule has 0 aromatic carbocycles. The van der Waals surface area contributed by atoms with Gasteiger partial charge in [0.2, 0.25) is 0 Å². The molecule has 3 aliphatic rings. The molecule has 3 saturated carbocycles. The summed E-state index contributed by atoms with van der Waals surface area (Å²) in [7, 11) is 0. The maximum absolute atomic E-state index is 2.46. The fourth-order valence-electron chi connectivity index (χ4n) is 5.88. The Morgan fingerprint density at radius 2 is 1.20 bits per heavy atom. The van der Waals surface area contributed by atoms with Gasteiger partial charge in [0.15, 0.2) is 0 Å². The smallest absolute Gasteiger partial charge is 0.0383 e. The van der Waals surface area contributed by atoms with Gasteiger partial charge >= 0.3 is 0 Å². The van der Waals surface area contributed by atoms with Crippen molar-refractivity contribution in [3.8, 4) is 0 Å². The third kappa shape index (κ3) is 3.42. The molecule has 3 rings (SSSR count). The lowest BCUT2D eigenvalue weighted by molar-refractivity contribution is 0.0594. The van der Waals surface area contributed by atoms with E-state index in [9.17, 15) is 0 Å². The second-order valence-electron chi connectivity index (χ2n) is 8.58. The maximum atomic E-state index is 2.46. The van der Waals surface area contributed by atoms with Crippen molar-refractivity contribution in [1.29, 1.82) is 0 Å². The van der Waals surface area contributed by atoms with Crippen molar-refractivity contribution in [2.45, 2.75) is 90.9 Å². The van der Waals surface area contributed by atoms with Crippen LogP contribution in [-0.2, 0) is 0 Å². The zero-order valence-electron chi connectivity index (χ0n) is 13.9. The molecule has 20 heavy (non-hydrogen) atoms. The lowest BCUT2D eigenvalue weighted by Crippen LogP contribution is -2.34. The van der Waals surface area contributed by atoms with E-state index < -0.39 is 0 Å². The summed E-state index contributed by atoms with van der Waals surface area (Å²) < 4.78 is 0. The van der Waals surface area contributed by atoms with Crippen molar-refractivity contribution < 1.29 is 0 Å². The van der Waals surface area contributed by atoms with Crippen molar-refractivity contribution in [1.82, 2.24) is 0 Å². The zero-order valence-corrected chi connectivity index (χ0v) is 13.9. The summed E-state index contributed by atoms with van der Waals surface area (Å²) in [6, 6.07) is 0. The summed E-state index contributed by atoms with van der Waals surface area (Å²) in [4.78, 5) is 0. The Morgan fingerprint density at radius 3 is 1.90 bits per heavy atom. The Balaban J connectivity index is 1.50. The lowest BCUT2D eigenvalue weighted by Gasteiger charge is -2.45. The molecule has 4 atom stereocenters. The van der Waals surface area contributed by atoms with Crippen LogP contribution in [0.5, 0.6) is 0 Å². The molecule has 0 spiro atoms. The molecule has 0 nitrogen and oxygen atoms in total. The van der Waals surface area contributed by atoms with Crippen LogP contribution in [0.15, 0.2) is 0 Å². The average Bonchev–Trinajstić information content (AvgIpc) is 2.48. The Morgan fingerprint density at radius 1 is 0.650 bits per heavy atom. The van der Waals surface area contributed by atoms with Gasteiger partial charge < -0.3 is 0 Å². The number of fused-ring (bicyclic) bond motifs is 1. The largest absolute Gasteiger partial charge is 0.0654 e. The fraction of sp³-hybridized carbons (Fsp3) is 1.00. The standard InChI is InChI=1S/C20H36/c1-3-4-16-7-10-20-14-19(12-11-18(20)13-16)17-8-5-15(2)6-9-17/h15-20H,3-14H2,1-2H3. The predicted molar refractivity (Wildman–Crippen MR) is 87.7 cm³/mol. The average molecular weight is 277 g/mol. The van der Waals surface area contributed by atoms with E-state index in [1.54, 1.807) is 51.4 Å². The Bertz CT molecular complexity index is 286. The lowest BCUT2D eigenvalue weighted by atomic mass is 9.60. The maximum Gasteiger partial charge on any atom is -0.0383 e. The van der Waals surface area contributed by atoms with Crippen LogP contribution in [-0.4, -0.2) is 0 Å². The van der Waals surface area contributed by atoms with Crippen LogP contribution in [0, 0.1) is 35.5 Å². The summed E-state index contributed by atoms with van der Waals surface area (Å²) in [5, 5.41) is 0. The highest BCUT2D eigenvalue weighted by molar-refractivity contribution is 4.89. The zero-order chi connectivity index (χ0) is 13.9. The highest BCUT2D eigenvalue weighted by Gasteiger charge is 2.38. The third-order valence-electron chi connectivity index (χ3n) is 7.19. The quantitative estimate of drug-likeness (QED) is 0.556. The van der Waals surface area contributed by atoms with E-state index in [0.717, 1.165) is 35.5 Å². The molecule has 0 aliphatic heterocycles. The van der Waals surface area contributed by atoms with E-state index in [4.69, 9.17) is 0 Å². The summed E-state index contributed by atoms with van der Waals surface area (Å²) in [6.07, 6.45) is 18.6. The van der Waals surface area contributed by atoms with Crippen LogP contribution >= 0.6 is 0 Å². The summed E-state index contributed by atoms with van der Waals surface area (Å²) >= 11 is 0. The molecule has 0 aromatic rings. The minimum absolute atomic E-state index is 1.02. The molecule has 0 radical (unpaired) electrons. The van der Waals surface area contributed by atoms with Crippen molar-refractivity contribution in [3.63, 3.8) is 0 Å². The molecule has 116 valence electrons. The molecular formula is C20H36. The molecule has 0 heterocycles. The first-order chi connectivity index (χ1) is 9.76. The number of hydrogen-bond acceptors (Lipinski definition) is 0. The molecule has 0 amide bonds. The number of rotatable bonds is 3. The van der Waals surface area contributed by atoms with E-state index in [-0.39, 0.29) is 0 Å². The Labute approximate surface area is 127 Å². The SMILES string of the molecule is CCCC1CCC2CC(C3CCC(C)CC3)CCC2C1. The van der Waals surface area contributed by atoms with Crippen LogP contribution in [0.1, 0.15) is 90.9 Å². The van der Waals surface area contributed by atoms with Crippen LogP contribution in [0.25, 0.3) is 0 Å². The Kier molecular flexibility index (Phi) is 5.10. The number of hydrogen-bond donors (Lipinski definition) is 0. The highest BCUT2D eigenvalue weighted by atomic mass is 14.4. The molecule has 3 fully saturated rings. The van der Waals surface area contributed by atoms with Gasteiger partial charge in [0.05, 0.1) is 0 Å². The molecule has 0 aromatic heterocycles. The molecule has 0 heteroatoms. The first-order valence-corrected chi connectivity index (χ1v) is 9.76. The van der Waals surface area contributed by atoms with Crippen LogP contribution < -0.4 is 0 Å². The summed E-state index contributed by atoms with van der Waals surface area (Å²) in [5.41, 5.74) is 0. The van der Waals surface area contributed by atoms with Gasteiger partial charge in [-0.25, -0.2) is 0 Å². The first kappa shape index (κ1) is 14.9. The summed E-state index contributed by atoms with van der Waals surface area (Å²) in [5.74, 6) is 6.59. The van der Waals surface area contributed by atoms with Crippen LogP contribution in [0.2, 0.25) is 0 Å². The van der Waals surface area contributed by atoms with Crippen LogP contribution in [0.4, 0.5) is 0 Å². The van der Waals surface area contributed by atoms with Gasteiger partial charge in [-0.05, 0) is 80.5 Å². The molecule has 0 N–H and O–H groups in total. The van der Waals surface area contributed by atoms with E-state index in [2.05, 4.69) is 13.8 Å². The van der Waals surface area contributed by atoms with Gasteiger partial charge in [0.25, 0.3) is 0 Å². The topological polar surface area (TPSA) is 0 Å². The van der Waals surface area contributed by atoms with Crippen molar-refractivity contribution in [2.24, 2.45) is 35.5 Å². The molecular weight excluding hydrogens is 240 g/mol. The highest BCUT2D eigenvalue weighted by Crippen LogP contribution is 2.49. The molecule has 0 saturated heterocycles. The van der Waals surface area contributed by atoms with E-state index in [1.165, 1.54) is 25.7 Å².